The minimum atomic E-state index is -0.276. The van der Waals surface area contributed by atoms with Gasteiger partial charge in [0.1, 0.15) is 10.8 Å². The van der Waals surface area contributed by atoms with E-state index in [4.69, 9.17) is 0 Å². The molecule has 0 radical (unpaired) electrons. The molecule has 0 aliphatic heterocycles. The average molecular weight is 344 g/mol. The van der Waals surface area contributed by atoms with Crippen molar-refractivity contribution in [3.63, 3.8) is 0 Å². The molecule has 3 nitrogen and oxygen atoms in total. The first kappa shape index (κ1) is 14.6. The van der Waals surface area contributed by atoms with Crippen molar-refractivity contribution in [1.82, 2.24) is 15.5 Å². The zero-order valence-corrected chi connectivity index (χ0v) is 13.2. The van der Waals surface area contributed by atoms with Crippen molar-refractivity contribution in [2.75, 3.05) is 6.54 Å². The fourth-order valence-electron chi connectivity index (χ4n) is 1.80. The lowest BCUT2D eigenvalue weighted by Gasteiger charge is -2.10. The molecule has 0 saturated carbocycles. The molecule has 102 valence electrons. The van der Waals surface area contributed by atoms with Gasteiger partial charge in [0.15, 0.2) is 5.01 Å². The molecular weight excluding hydrogens is 329 g/mol. The third-order valence-electron chi connectivity index (χ3n) is 2.76. The average Bonchev–Trinajstić information content (AvgIpc) is 2.88. The largest absolute Gasteiger partial charge is 0.308 e. The van der Waals surface area contributed by atoms with Crippen LogP contribution in [0.25, 0.3) is 10.6 Å². The van der Waals surface area contributed by atoms with Gasteiger partial charge in [-0.25, -0.2) is 4.39 Å². The van der Waals surface area contributed by atoms with Crippen LogP contribution in [0.3, 0.4) is 0 Å². The van der Waals surface area contributed by atoms with Gasteiger partial charge < -0.3 is 5.32 Å². The van der Waals surface area contributed by atoms with Crippen molar-refractivity contribution in [2.45, 2.75) is 26.3 Å². The maximum Gasteiger partial charge on any atom is 0.150 e. The standard InChI is InChI=1S/C13H15BrFN3S/c1-3-11(16-4-2)13-18-17-12(19-13)9-7-8(14)5-6-10(9)15/h5-7,11,16H,3-4H2,1-2H3. The summed E-state index contributed by atoms with van der Waals surface area (Å²) in [6, 6.07) is 5.02. The summed E-state index contributed by atoms with van der Waals surface area (Å²) in [7, 11) is 0. The van der Waals surface area contributed by atoms with Crippen LogP contribution in [0.1, 0.15) is 31.3 Å². The smallest absolute Gasteiger partial charge is 0.150 e. The van der Waals surface area contributed by atoms with Crippen LogP contribution in [-0.4, -0.2) is 16.7 Å². The van der Waals surface area contributed by atoms with Gasteiger partial charge in [0.05, 0.1) is 6.04 Å². The maximum absolute atomic E-state index is 13.8. The topological polar surface area (TPSA) is 37.8 Å². The Bertz CT molecular complexity index is 559. The summed E-state index contributed by atoms with van der Waals surface area (Å²) in [6.07, 6.45) is 0.934. The number of halogens is 2. The summed E-state index contributed by atoms with van der Waals surface area (Å²) in [5.41, 5.74) is 0.490. The molecule has 0 fully saturated rings. The first-order valence-electron chi connectivity index (χ1n) is 6.17. The van der Waals surface area contributed by atoms with E-state index in [0.29, 0.717) is 10.6 Å². The molecule has 19 heavy (non-hydrogen) atoms. The van der Waals surface area contributed by atoms with Gasteiger partial charge in [-0.05, 0) is 31.2 Å². The molecule has 1 heterocycles. The second kappa shape index (κ2) is 6.54. The number of hydrogen-bond acceptors (Lipinski definition) is 4. The Balaban J connectivity index is 2.32. The van der Waals surface area contributed by atoms with Crippen LogP contribution in [0, 0.1) is 5.82 Å². The lowest BCUT2D eigenvalue weighted by Crippen LogP contribution is -2.19. The van der Waals surface area contributed by atoms with Crippen LogP contribution < -0.4 is 5.32 Å². The number of aromatic nitrogens is 2. The van der Waals surface area contributed by atoms with Crippen molar-refractivity contribution < 1.29 is 4.39 Å². The lowest BCUT2D eigenvalue weighted by atomic mass is 10.2. The highest BCUT2D eigenvalue weighted by atomic mass is 79.9. The monoisotopic (exact) mass is 343 g/mol. The Labute approximate surface area is 124 Å². The molecule has 1 aromatic carbocycles. The molecule has 0 aliphatic rings. The van der Waals surface area contributed by atoms with E-state index in [9.17, 15) is 4.39 Å². The quantitative estimate of drug-likeness (QED) is 0.885. The van der Waals surface area contributed by atoms with Gasteiger partial charge in [0.2, 0.25) is 0 Å². The second-order valence-electron chi connectivity index (χ2n) is 4.09. The first-order valence-corrected chi connectivity index (χ1v) is 7.78. The minimum absolute atomic E-state index is 0.187. The van der Waals surface area contributed by atoms with Gasteiger partial charge in [-0.3, -0.25) is 0 Å². The number of hydrogen-bond donors (Lipinski definition) is 1. The number of rotatable bonds is 5. The Hall–Kier alpha value is -0.850. The molecule has 1 aromatic heterocycles. The molecule has 6 heteroatoms. The molecule has 0 amide bonds. The fourth-order valence-corrected chi connectivity index (χ4v) is 3.18. The SMILES string of the molecule is CCNC(CC)c1nnc(-c2cc(Br)ccc2F)s1. The highest BCUT2D eigenvalue weighted by Gasteiger charge is 2.16. The minimum Gasteiger partial charge on any atom is -0.308 e. The predicted molar refractivity (Wildman–Crippen MR) is 79.7 cm³/mol. The third kappa shape index (κ3) is 3.38. The van der Waals surface area contributed by atoms with Crippen molar-refractivity contribution in [3.8, 4) is 10.6 Å². The fraction of sp³-hybridized carbons (Fsp3) is 0.385. The van der Waals surface area contributed by atoms with E-state index < -0.39 is 0 Å². The summed E-state index contributed by atoms with van der Waals surface area (Å²) in [4.78, 5) is 0. The predicted octanol–water partition coefficient (Wildman–Crippen LogP) is 4.17. The highest BCUT2D eigenvalue weighted by Crippen LogP contribution is 2.31. The third-order valence-corrected chi connectivity index (χ3v) is 4.32. The molecule has 0 saturated heterocycles. The van der Waals surface area contributed by atoms with Crippen LogP contribution in [0.4, 0.5) is 4.39 Å². The number of benzene rings is 1. The van der Waals surface area contributed by atoms with E-state index in [-0.39, 0.29) is 11.9 Å². The van der Waals surface area contributed by atoms with Crippen LogP contribution in [0.15, 0.2) is 22.7 Å². The summed E-state index contributed by atoms with van der Waals surface area (Å²) in [6.45, 7) is 5.02. The van der Waals surface area contributed by atoms with Gasteiger partial charge in [0, 0.05) is 10.0 Å². The summed E-state index contributed by atoms with van der Waals surface area (Å²) in [5.74, 6) is -0.276. The summed E-state index contributed by atoms with van der Waals surface area (Å²) >= 11 is 4.78. The molecular formula is C13H15BrFN3S. The normalized spacial score (nSPS) is 12.6. The van der Waals surface area contributed by atoms with E-state index in [0.717, 1.165) is 22.4 Å². The van der Waals surface area contributed by atoms with Gasteiger partial charge in [0.25, 0.3) is 0 Å². The molecule has 2 aromatic rings. The van der Waals surface area contributed by atoms with E-state index in [1.165, 1.54) is 17.4 Å². The van der Waals surface area contributed by atoms with E-state index in [2.05, 4.69) is 45.3 Å². The highest BCUT2D eigenvalue weighted by molar-refractivity contribution is 9.10. The Kier molecular flexibility index (Phi) is 5.01. The molecule has 1 atom stereocenters. The first-order chi connectivity index (χ1) is 9.15. The van der Waals surface area contributed by atoms with E-state index >= 15 is 0 Å². The van der Waals surface area contributed by atoms with Crippen LogP contribution in [0.2, 0.25) is 0 Å². The van der Waals surface area contributed by atoms with Crippen molar-refractivity contribution in [1.29, 1.82) is 0 Å². The molecule has 0 aliphatic carbocycles. The zero-order valence-electron chi connectivity index (χ0n) is 10.8. The zero-order chi connectivity index (χ0) is 13.8. The van der Waals surface area contributed by atoms with E-state index in [1.807, 2.05) is 0 Å². The Morgan fingerprint density at radius 3 is 2.84 bits per heavy atom. The number of nitrogens with zero attached hydrogens (tertiary/aromatic N) is 2. The molecule has 1 unspecified atom stereocenters. The number of nitrogens with one attached hydrogen (secondary N) is 1. The maximum atomic E-state index is 13.8. The van der Waals surface area contributed by atoms with Crippen molar-refractivity contribution >= 4 is 27.3 Å². The molecule has 2 rings (SSSR count). The van der Waals surface area contributed by atoms with Gasteiger partial charge >= 0.3 is 0 Å². The second-order valence-corrected chi connectivity index (χ2v) is 6.01. The summed E-state index contributed by atoms with van der Waals surface area (Å²) in [5, 5.41) is 13.1. The molecule has 1 N–H and O–H groups in total. The summed E-state index contributed by atoms with van der Waals surface area (Å²) < 4.78 is 14.6. The van der Waals surface area contributed by atoms with Gasteiger partial charge in [-0.15, -0.1) is 10.2 Å². The van der Waals surface area contributed by atoms with Crippen molar-refractivity contribution in [2.24, 2.45) is 0 Å². The van der Waals surface area contributed by atoms with Crippen LogP contribution in [0.5, 0.6) is 0 Å². The van der Waals surface area contributed by atoms with Gasteiger partial charge in [-0.2, -0.15) is 0 Å². The molecule has 0 spiro atoms. The lowest BCUT2D eigenvalue weighted by molar-refractivity contribution is 0.531. The van der Waals surface area contributed by atoms with E-state index in [1.54, 1.807) is 12.1 Å². The Morgan fingerprint density at radius 2 is 2.16 bits per heavy atom. The Morgan fingerprint density at radius 1 is 1.37 bits per heavy atom. The van der Waals surface area contributed by atoms with Crippen LogP contribution in [-0.2, 0) is 0 Å². The molecule has 0 bridgehead atoms. The van der Waals surface area contributed by atoms with Crippen molar-refractivity contribution in [3.05, 3.63) is 33.5 Å². The van der Waals surface area contributed by atoms with Gasteiger partial charge in [-0.1, -0.05) is 41.1 Å². The van der Waals surface area contributed by atoms with Crippen LogP contribution >= 0.6 is 27.3 Å².